The average Bonchev–Trinajstić information content (AvgIpc) is 2.22. The highest BCUT2D eigenvalue weighted by Gasteiger charge is 2.39. The highest BCUT2D eigenvalue weighted by Crippen LogP contribution is 2.37. The summed E-state index contributed by atoms with van der Waals surface area (Å²) in [6.45, 7) is -1.35. The Kier molecular flexibility index (Phi) is 6.85. The van der Waals surface area contributed by atoms with E-state index in [-0.39, 0.29) is 23.7 Å². The number of benzene rings is 1. The first-order chi connectivity index (χ1) is 7.29. The Labute approximate surface area is 130 Å². The summed E-state index contributed by atoms with van der Waals surface area (Å²) in [5.41, 5.74) is 5.29. The van der Waals surface area contributed by atoms with Gasteiger partial charge in [-0.3, -0.25) is 0 Å². The van der Waals surface area contributed by atoms with Crippen LogP contribution in [0.3, 0.4) is 0 Å². The van der Waals surface area contributed by atoms with Gasteiger partial charge in [-0.05, 0) is 57.3 Å². The van der Waals surface area contributed by atoms with Crippen LogP contribution in [0.2, 0.25) is 0 Å². The summed E-state index contributed by atoms with van der Waals surface area (Å²) in [4.78, 5) is 0. The molecule has 0 aromatic heterocycles. The molecule has 1 aromatic carbocycles. The Morgan fingerprint density at radius 1 is 1.35 bits per heavy atom. The molecule has 0 aliphatic heterocycles. The molecule has 1 rings (SSSR count). The molecule has 0 spiro atoms. The number of halogens is 5. The minimum atomic E-state index is -3.45. The van der Waals surface area contributed by atoms with Gasteiger partial charge in [0, 0.05) is 9.13 Å². The number of nitrogens with two attached hydrogens (primary N) is 1. The Morgan fingerprint density at radius 3 is 2.35 bits per heavy atom. The van der Waals surface area contributed by atoms with Crippen molar-refractivity contribution in [2.24, 2.45) is 5.73 Å². The zero-order valence-electron chi connectivity index (χ0n) is 8.33. The van der Waals surface area contributed by atoms with E-state index < -0.39 is 18.6 Å². The van der Waals surface area contributed by atoms with Crippen molar-refractivity contribution in [2.75, 3.05) is 6.61 Å². The van der Waals surface area contributed by atoms with Gasteiger partial charge in [-0.1, -0.05) is 0 Å². The number of aliphatic hydroxyl groups excluding tert-OH is 1. The fourth-order valence-corrected chi connectivity index (χ4v) is 3.04. The number of aliphatic hydroxyl groups is 1. The second-order valence-electron chi connectivity index (χ2n) is 3.22. The van der Waals surface area contributed by atoms with E-state index in [0.717, 1.165) is 0 Å². The molecule has 0 aliphatic carbocycles. The van der Waals surface area contributed by atoms with Crippen LogP contribution in [0.1, 0.15) is 11.6 Å². The van der Waals surface area contributed by atoms with Crippen molar-refractivity contribution in [3.8, 4) is 5.75 Å². The standard InChI is InChI=1S/C9H9F2I2NO2.ClH/c10-9(11,3-15)8(14)5-1-4(12)2-6(13)7(5)16;/h1-2,8,15-16H,3,14H2;1H/t8-;/m0./s1. The Bertz CT molecular complexity index is 407. The van der Waals surface area contributed by atoms with Crippen LogP contribution in [0.4, 0.5) is 8.78 Å². The van der Waals surface area contributed by atoms with Gasteiger partial charge in [0.05, 0.1) is 3.57 Å². The quantitative estimate of drug-likeness (QED) is 0.570. The Hall–Kier alpha value is 0.550. The van der Waals surface area contributed by atoms with Gasteiger partial charge in [0.2, 0.25) is 0 Å². The molecule has 1 aromatic rings. The number of hydrogen-bond acceptors (Lipinski definition) is 3. The van der Waals surface area contributed by atoms with E-state index in [2.05, 4.69) is 0 Å². The van der Waals surface area contributed by atoms with Crippen molar-refractivity contribution in [1.82, 2.24) is 0 Å². The summed E-state index contributed by atoms with van der Waals surface area (Å²) < 4.78 is 27.5. The number of phenols is 1. The minimum Gasteiger partial charge on any atom is -0.506 e. The van der Waals surface area contributed by atoms with Crippen LogP contribution in [0.5, 0.6) is 5.75 Å². The zero-order chi connectivity index (χ0) is 12.5. The summed E-state index contributed by atoms with van der Waals surface area (Å²) in [5, 5.41) is 18.2. The molecule has 98 valence electrons. The molecule has 0 unspecified atom stereocenters. The molecule has 0 fully saturated rings. The van der Waals surface area contributed by atoms with Crippen LogP contribution >= 0.6 is 57.6 Å². The normalized spacial score (nSPS) is 13.1. The van der Waals surface area contributed by atoms with Gasteiger partial charge in [0.1, 0.15) is 18.4 Å². The third-order valence-corrected chi connectivity index (χ3v) is 3.50. The van der Waals surface area contributed by atoms with Crippen LogP contribution in [0.25, 0.3) is 0 Å². The van der Waals surface area contributed by atoms with Gasteiger partial charge in [-0.2, -0.15) is 0 Å². The third kappa shape index (κ3) is 4.01. The topological polar surface area (TPSA) is 66.5 Å². The van der Waals surface area contributed by atoms with Gasteiger partial charge in [-0.15, -0.1) is 12.4 Å². The lowest BCUT2D eigenvalue weighted by Gasteiger charge is -2.23. The second kappa shape index (κ2) is 6.64. The Balaban J connectivity index is 0.00000256. The third-order valence-electron chi connectivity index (χ3n) is 2.06. The van der Waals surface area contributed by atoms with Gasteiger partial charge < -0.3 is 15.9 Å². The number of hydrogen-bond donors (Lipinski definition) is 3. The van der Waals surface area contributed by atoms with E-state index >= 15 is 0 Å². The van der Waals surface area contributed by atoms with E-state index in [9.17, 15) is 13.9 Å². The summed E-state index contributed by atoms with van der Waals surface area (Å²) in [6.07, 6.45) is 0. The summed E-state index contributed by atoms with van der Waals surface area (Å²) >= 11 is 3.77. The molecule has 1 atom stereocenters. The monoisotopic (exact) mass is 491 g/mol. The van der Waals surface area contributed by atoms with Crippen molar-refractivity contribution < 1.29 is 19.0 Å². The fourth-order valence-electron chi connectivity index (χ4n) is 1.15. The molecule has 0 heterocycles. The van der Waals surface area contributed by atoms with E-state index in [1.807, 2.05) is 45.2 Å². The van der Waals surface area contributed by atoms with Crippen molar-refractivity contribution in [3.05, 3.63) is 24.8 Å². The van der Waals surface area contributed by atoms with Crippen molar-refractivity contribution in [2.45, 2.75) is 12.0 Å². The van der Waals surface area contributed by atoms with E-state index in [1.54, 1.807) is 6.07 Å². The first-order valence-corrected chi connectivity index (χ1v) is 6.37. The van der Waals surface area contributed by atoms with Crippen molar-refractivity contribution in [3.63, 3.8) is 0 Å². The molecule has 0 aliphatic rings. The summed E-state index contributed by atoms with van der Waals surface area (Å²) in [6, 6.07) is 1.30. The Morgan fingerprint density at radius 2 is 1.88 bits per heavy atom. The van der Waals surface area contributed by atoms with E-state index in [4.69, 9.17) is 10.8 Å². The molecule has 3 nitrogen and oxygen atoms in total. The van der Waals surface area contributed by atoms with E-state index in [1.165, 1.54) is 6.07 Å². The predicted molar refractivity (Wildman–Crippen MR) is 79.8 cm³/mol. The molecule has 4 N–H and O–H groups in total. The molecule has 8 heteroatoms. The molecular weight excluding hydrogens is 481 g/mol. The van der Waals surface area contributed by atoms with Gasteiger partial charge in [0.15, 0.2) is 0 Å². The van der Waals surface area contributed by atoms with Crippen LogP contribution in [0, 0.1) is 7.14 Å². The molecule has 0 saturated carbocycles. The smallest absolute Gasteiger partial charge is 0.289 e. The zero-order valence-corrected chi connectivity index (χ0v) is 13.5. The van der Waals surface area contributed by atoms with Crippen molar-refractivity contribution >= 4 is 57.6 Å². The first kappa shape index (κ1) is 17.6. The highest BCUT2D eigenvalue weighted by atomic mass is 127. The van der Waals surface area contributed by atoms with Crippen LogP contribution in [0.15, 0.2) is 12.1 Å². The maximum atomic E-state index is 13.2. The summed E-state index contributed by atoms with van der Waals surface area (Å²) in [7, 11) is 0. The molecular formula is C9H10ClF2I2NO2. The summed E-state index contributed by atoms with van der Waals surface area (Å²) in [5.74, 6) is -3.72. The number of phenolic OH excluding ortho intramolecular Hbond substituents is 1. The van der Waals surface area contributed by atoms with Gasteiger partial charge in [0.25, 0.3) is 5.92 Å². The number of rotatable bonds is 3. The second-order valence-corrected chi connectivity index (χ2v) is 5.63. The first-order valence-electron chi connectivity index (χ1n) is 4.21. The molecule has 0 saturated heterocycles. The van der Waals surface area contributed by atoms with Crippen molar-refractivity contribution in [1.29, 1.82) is 0 Å². The molecule has 0 radical (unpaired) electrons. The van der Waals surface area contributed by atoms with Gasteiger partial charge >= 0.3 is 0 Å². The minimum absolute atomic E-state index is 0. The lowest BCUT2D eigenvalue weighted by Crippen LogP contribution is -2.36. The SMILES string of the molecule is Cl.N[C@@H](c1cc(I)cc(I)c1O)C(F)(F)CO. The van der Waals surface area contributed by atoms with Gasteiger partial charge in [-0.25, -0.2) is 8.78 Å². The molecule has 0 bridgehead atoms. The molecule has 17 heavy (non-hydrogen) atoms. The van der Waals surface area contributed by atoms with Crippen LogP contribution < -0.4 is 5.73 Å². The van der Waals surface area contributed by atoms with E-state index in [0.29, 0.717) is 7.14 Å². The fraction of sp³-hybridized carbons (Fsp3) is 0.333. The average molecular weight is 491 g/mol. The van der Waals surface area contributed by atoms with Crippen LogP contribution in [-0.4, -0.2) is 22.7 Å². The maximum Gasteiger partial charge on any atom is 0.289 e. The highest BCUT2D eigenvalue weighted by molar-refractivity contribution is 14.1. The largest absolute Gasteiger partial charge is 0.506 e. The molecule has 0 amide bonds. The number of alkyl halides is 2. The number of aromatic hydroxyl groups is 1. The maximum absolute atomic E-state index is 13.2. The lowest BCUT2D eigenvalue weighted by molar-refractivity contribution is -0.0716. The lowest BCUT2D eigenvalue weighted by atomic mass is 10.0. The van der Waals surface area contributed by atoms with Crippen LogP contribution in [-0.2, 0) is 0 Å². The predicted octanol–water partition coefficient (Wildman–Crippen LogP) is 2.65.